The molecule has 0 atom stereocenters. The highest BCUT2D eigenvalue weighted by Crippen LogP contribution is 2.14. The van der Waals surface area contributed by atoms with Gasteiger partial charge in [0.1, 0.15) is 0 Å². The standard InChI is InChI=1S/C11H21N3O2S/c1-11(2,9(12)17)10(15)13-3-4-14-5-7-16-8-6-14/h3-8H2,1-2H3,(H2,12,17)(H,13,15). The van der Waals surface area contributed by atoms with Crippen molar-refractivity contribution in [2.24, 2.45) is 11.1 Å². The SMILES string of the molecule is CC(C)(C(=O)NCCN1CCOCC1)C(N)=S. The normalized spacial score (nSPS) is 17.8. The Morgan fingerprint density at radius 3 is 2.59 bits per heavy atom. The predicted octanol–water partition coefficient (Wildman–Crippen LogP) is -0.253. The maximum absolute atomic E-state index is 11.8. The molecule has 1 aliphatic heterocycles. The molecule has 0 saturated carbocycles. The number of carbonyl (C=O) groups is 1. The number of nitrogens with zero attached hydrogens (tertiary/aromatic N) is 1. The van der Waals surface area contributed by atoms with E-state index >= 15 is 0 Å². The van der Waals surface area contributed by atoms with Crippen LogP contribution in [0.5, 0.6) is 0 Å². The molecule has 1 rings (SSSR count). The van der Waals surface area contributed by atoms with Crippen LogP contribution in [0.25, 0.3) is 0 Å². The molecule has 1 heterocycles. The van der Waals surface area contributed by atoms with Crippen molar-refractivity contribution in [1.29, 1.82) is 0 Å². The first-order valence-corrected chi connectivity index (χ1v) is 6.23. The van der Waals surface area contributed by atoms with Crippen LogP contribution in [0.2, 0.25) is 0 Å². The summed E-state index contributed by atoms with van der Waals surface area (Å²) in [7, 11) is 0. The van der Waals surface area contributed by atoms with Gasteiger partial charge in [-0.25, -0.2) is 0 Å². The van der Waals surface area contributed by atoms with E-state index < -0.39 is 5.41 Å². The number of hydrogen-bond donors (Lipinski definition) is 2. The van der Waals surface area contributed by atoms with Gasteiger partial charge in [0.15, 0.2) is 0 Å². The summed E-state index contributed by atoms with van der Waals surface area (Å²) < 4.78 is 5.25. The van der Waals surface area contributed by atoms with E-state index in [1.54, 1.807) is 13.8 Å². The molecule has 1 amide bonds. The third-order valence-corrected chi connectivity index (χ3v) is 3.51. The fourth-order valence-electron chi connectivity index (χ4n) is 1.49. The number of morpholine rings is 1. The zero-order valence-corrected chi connectivity index (χ0v) is 11.3. The average Bonchev–Trinajstić information content (AvgIpc) is 2.30. The first-order chi connectivity index (χ1) is 7.94. The summed E-state index contributed by atoms with van der Waals surface area (Å²) in [6, 6.07) is 0. The summed E-state index contributed by atoms with van der Waals surface area (Å²) >= 11 is 4.87. The van der Waals surface area contributed by atoms with Crippen LogP contribution in [0.3, 0.4) is 0 Å². The van der Waals surface area contributed by atoms with E-state index in [0.717, 1.165) is 32.8 Å². The first-order valence-electron chi connectivity index (χ1n) is 5.83. The Morgan fingerprint density at radius 2 is 2.06 bits per heavy atom. The lowest BCUT2D eigenvalue weighted by atomic mass is 9.92. The molecule has 0 aromatic heterocycles. The highest BCUT2D eigenvalue weighted by atomic mass is 32.1. The van der Waals surface area contributed by atoms with Crippen LogP contribution < -0.4 is 11.1 Å². The predicted molar refractivity (Wildman–Crippen MR) is 70.8 cm³/mol. The van der Waals surface area contributed by atoms with Gasteiger partial charge in [0.25, 0.3) is 0 Å². The molecule has 0 radical (unpaired) electrons. The molecule has 17 heavy (non-hydrogen) atoms. The number of carbonyl (C=O) groups excluding carboxylic acids is 1. The van der Waals surface area contributed by atoms with E-state index in [-0.39, 0.29) is 10.9 Å². The fraction of sp³-hybridized carbons (Fsp3) is 0.818. The number of nitrogens with two attached hydrogens (primary N) is 1. The van der Waals surface area contributed by atoms with E-state index in [9.17, 15) is 4.79 Å². The van der Waals surface area contributed by atoms with Crippen LogP contribution in [0, 0.1) is 5.41 Å². The molecule has 1 aliphatic rings. The van der Waals surface area contributed by atoms with Gasteiger partial charge >= 0.3 is 0 Å². The smallest absolute Gasteiger partial charge is 0.232 e. The monoisotopic (exact) mass is 259 g/mol. The van der Waals surface area contributed by atoms with E-state index in [1.807, 2.05) is 0 Å². The van der Waals surface area contributed by atoms with Crippen molar-refractivity contribution in [2.75, 3.05) is 39.4 Å². The molecule has 6 heteroatoms. The summed E-state index contributed by atoms with van der Waals surface area (Å²) in [5.41, 5.74) is 4.75. The molecule has 0 aromatic rings. The van der Waals surface area contributed by atoms with Gasteiger partial charge in [-0.15, -0.1) is 0 Å². The van der Waals surface area contributed by atoms with Crippen molar-refractivity contribution >= 4 is 23.1 Å². The van der Waals surface area contributed by atoms with Gasteiger partial charge in [0.2, 0.25) is 5.91 Å². The molecule has 1 fully saturated rings. The molecular formula is C11H21N3O2S. The molecule has 0 aromatic carbocycles. The second-order valence-electron chi connectivity index (χ2n) is 4.70. The lowest BCUT2D eigenvalue weighted by molar-refractivity contribution is -0.126. The number of ether oxygens (including phenoxy) is 1. The summed E-state index contributed by atoms with van der Waals surface area (Å²) in [5.74, 6) is -0.113. The maximum atomic E-state index is 11.8. The van der Waals surface area contributed by atoms with Crippen LogP contribution in [0.4, 0.5) is 0 Å². The van der Waals surface area contributed by atoms with Crippen molar-refractivity contribution in [1.82, 2.24) is 10.2 Å². The summed E-state index contributed by atoms with van der Waals surface area (Å²) in [6.45, 7) is 8.31. The van der Waals surface area contributed by atoms with Crippen LogP contribution in [0.15, 0.2) is 0 Å². The Bertz CT molecular complexity index is 288. The van der Waals surface area contributed by atoms with Gasteiger partial charge < -0.3 is 15.8 Å². The Morgan fingerprint density at radius 1 is 1.47 bits per heavy atom. The van der Waals surface area contributed by atoms with Crippen LogP contribution in [-0.4, -0.2) is 55.2 Å². The highest BCUT2D eigenvalue weighted by Gasteiger charge is 2.30. The van der Waals surface area contributed by atoms with Crippen LogP contribution in [-0.2, 0) is 9.53 Å². The van der Waals surface area contributed by atoms with Crippen LogP contribution in [0.1, 0.15) is 13.8 Å². The highest BCUT2D eigenvalue weighted by molar-refractivity contribution is 7.80. The van der Waals surface area contributed by atoms with E-state index in [0.29, 0.717) is 6.54 Å². The fourth-order valence-corrected chi connectivity index (χ4v) is 1.58. The number of rotatable bonds is 5. The molecule has 0 unspecified atom stereocenters. The molecule has 98 valence electrons. The van der Waals surface area contributed by atoms with Crippen molar-refractivity contribution in [3.8, 4) is 0 Å². The van der Waals surface area contributed by atoms with E-state index in [2.05, 4.69) is 10.2 Å². The number of nitrogens with one attached hydrogen (secondary N) is 1. The second-order valence-corrected chi connectivity index (χ2v) is 5.14. The molecule has 0 spiro atoms. The molecule has 3 N–H and O–H groups in total. The van der Waals surface area contributed by atoms with Gasteiger partial charge in [0.05, 0.1) is 23.6 Å². The Hall–Kier alpha value is -0.720. The number of hydrogen-bond acceptors (Lipinski definition) is 4. The maximum Gasteiger partial charge on any atom is 0.232 e. The van der Waals surface area contributed by atoms with Gasteiger partial charge in [-0.2, -0.15) is 0 Å². The van der Waals surface area contributed by atoms with Gasteiger partial charge in [0, 0.05) is 26.2 Å². The Balaban J connectivity index is 2.26. The molecule has 0 aliphatic carbocycles. The van der Waals surface area contributed by atoms with Gasteiger partial charge in [-0.3, -0.25) is 9.69 Å². The van der Waals surface area contributed by atoms with Gasteiger partial charge in [-0.05, 0) is 13.8 Å². The van der Waals surface area contributed by atoms with Crippen LogP contribution >= 0.6 is 12.2 Å². The van der Waals surface area contributed by atoms with E-state index in [1.165, 1.54) is 0 Å². The third kappa shape index (κ3) is 4.22. The quantitative estimate of drug-likeness (QED) is 0.666. The Kier molecular flexibility index (Phi) is 5.30. The largest absolute Gasteiger partial charge is 0.392 e. The lowest BCUT2D eigenvalue weighted by Crippen LogP contribution is -2.47. The zero-order chi connectivity index (χ0) is 12.9. The van der Waals surface area contributed by atoms with E-state index in [4.69, 9.17) is 22.7 Å². The first kappa shape index (κ1) is 14.3. The third-order valence-electron chi connectivity index (χ3n) is 3.00. The van der Waals surface area contributed by atoms with Crippen molar-refractivity contribution in [2.45, 2.75) is 13.8 Å². The number of thiocarbonyl (C=S) groups is 1. The molecular weight excluding hydrogens is 238 g/mol. The second kappa shape index (κ2) is 6.28. The minimum Gasteiger partial charge on any atom is -0.392 e. The topological polar surface area (TPSA) is 67.6 Å². The van der Waals surface area contributed by atoms with Crippen molar-refractivity contribution in [3.05, 3.63) is 0 Å². The number of amides is 1. The Labute approximate surface area is 108 Å². The minimum atomic E-state index is -0.777. The van der Waals surface area contributed by atoms with Gasteiger partial charge in [-0.1, -0.05) is 12.2 Å². The summed E-state index contributed by atoms with van der Waals surface area (Å²) in [6.07, 6.45) is 0. The molecule has 1 saturated heterocycles. The molecule has 5 nitrogen and oxygen atoms in total. The summed E-state index contributed by atoms with van der Waals surface area (Å²) in [5, 5.41) is 2.86. The minimum absolute atomic E-state index is 0.113. The summed E-state index contributed by atoms with van der Waals surface area (Å²) in [4.78, 5) is 14.3. The van der Waals surface area contributed by atoms with Crippen molar-refractivity contribution < 1.29 is 9.53 Å². The average molecular weight is 259 g/mol. The zero-order valence-electron chi connectivity index (χ0n) is 10.5. The molecule has 0 bridgehead atoms. The lowest BCUT2D eigenvalue weighted by Gasteiger charge is -2.27. The van der Waals surface area contributed by atoms with Crippen molar-refractivity contribution in [3.63, 3.8) is 0 Å².